The minimum atomic E-state index is -0.174. The van der Waals surface area contributed by atoms with E-state index >= 15 is 0 Å². The highest BCUT2D eigenvalue weighted by atomic mass is 16.2. The van der Waals surface area contributed by atoms with E-state index in [1.54, 1.807) is 0 Å². The van der Waals surface area contributed by atoms with Gasteiger partial charge >= 0.3 is 6.03 Å². The van der Waals surface area contributed by atoms with Crippen LogP contribution in [-0.2, 0) is 6.54 Å². The van der Waals surface area contributed by atoms with Gasteiger partial charge in [-0.05, 0) is 56.7 Å². The molecule has 1 saturated carbocycles. The van der Waals surface area contributed by atoms with E-state index in [4.69, 9.17) is 4.98 Å². The van der Waals surface area contributed by atoms with Crippen LogP contribution in [0.1, 0.15) is 78.5 Å². The van der Waals surface area contributed by atoms with Crippen molar-refractivity contribution >= 4 is 22.8 Å². The average Bonchev–Trinajstić information content (AvgIpc) is 2.98. The van der Waals surface area contributed by atoms with Crippen molar-refractivity contribution in [2.45, 2.75) is 85.2 Å². The third-order valence-corrected chi connectivity index (χ3v) is 6.03. The second-order valence-corrected chi connectivity index (χ2v) is 9.07. The molecule has 1 fully saturated rings. The van der Waals surface area contributed by atoms with Crippen LogP contribution >= 0.6 is 0 Å². The lowest BCUT2D eigenvalue weighted by atomic mass is 9.89. The molecule has 0 bridgehead atoms. The number of rotatable bonds is 6. The van der Waals surface area contributed by atoms with Gasteiger partial charge in [0, 0.05) is 24.2 Å². The van der Waals surface area contributed by atoms with Crippen molar-refractivity contribution in [1.29, 1.82) is 0 Å². The molecule has 2 amide bonds. The highest BCUT2D eigenvalue weighted by Crippen LogP contribution is 2.32. The first-order valence-corrected chi connectivity index (χ1v) is 10.9. The van der Waals surface area contributed by atoms with Crippen molar-refractivity contribution in [2.75, 3.05) is 5.32 Å². The lowest BCUT2D eigenvalue weighted by molar-refractivity contribution is 0.250. The van der Waals surface area contributed by atoms with Gasteiger partial charge in [0.25, 0.3) is 0 Å². The molecule has 1 heterocycles. The Kier molecular flexibility index (Phi) is 6.63. The summed E-state index contributed by atoms with van der Waals surface area (Å²) >= 11 is 0. The number of fused-ring (bicyclic) bond motifs is 1. The predicted octanol–water partition coefficient (Wildman–Crippen LogP) is 5.91. The molecule has 1 aliphatic rings. The van der Waals surface area contributed by atoms with Gasteiger partial charge in [-0.25, -0.2) is 9.78 Å². The van der Waals surface area contributed by atoms with Crippen LogP contribution in [0.4, 0.5) is 10.5 Å². The smallest absolute Gasteiger partial charge is 0.319 e. The zero-order chi connectivity index (χ0) is 20.3. The number of nitrogens with one attached hydrogen (secondary N) is 2. The fraction of sp³-hybridized carbons (Fsp3) is 0.652. The molecular formula is C23H36N4O. The quantitative estimate of drug-likeness (QED) is 0.651. The average molecular weight is 385 g/mol. The Morgan fingerprint density at radius 3 is 2.50 bits per heavy atom. The molecule has 3 rings (SSSR count). The van der Waals surface area contributed by atoms with Gasteiger partial charge in [0.1, 0.15) is 5.82 Å². The summed E-state index contributed by atoms with van der Waals surface area (Å²) in [4.78, 5) is 17.1. The van der Waals surface area contributed by atoms with Crippen molar-refractivity contribution < 1.29 is 4.79 Å². The molecule has 5 nitrogen and oxygen atoms in total. The fourth-order valence-electron chi connectivity index (χ4n) is 4.12. The van der Waals surface area contributed by atoms with E-state index in [0.29, 0.717) is 11.8 Å². The molecule has 2 N–H and O–H groups in total. The second-order valence-electron chi connectivity index (χ2n) is 9.07. The number of urea groups is 1. The maximum absolute atomic E-state index is 12.0. The van der Waals surface area contributed by atoms with E-state index in [1.165, 1.54) is 43.4 Å². The Balaban J connectivity index is 1.91. The van der Waals surface area contributed by atoms with Crippen molar-refractivity contribution in [2.24, 2.45) is 11.8 Å². The maximum Gasteiger partial charge on any atom is 0.319 e. The van der Waals surface area contributed by atoms with Crippen LogP contribution in [0.25, 0.3) is 11.0 Å². The first-order valence-electron chi connectivity index (χ1n) is 10.9. The zero-order valence-corrected chi connectivity index (χ0v) is 18.1. The molecule has 0 saturated heterocycles. The topological polar surface area (TPSA) is 59.0 Å². The fourth-order valence-corrected chi connectivity index (χ4v) is 4.12. The monoisotopic (exact) mass is 384 g/mol. The van der Waals surface area contributed by atoms with Crippen LogP contribution in [0.3, 0.4) is 0 Å². The summed E-state index contributed by atoms with van der Waals surface area (Å²) in [5.74, 6) is 2.87. The number of carbonyl (C=O) groups excluding carboxylic acids is 1. The van der Waals surface area contributed by atoms with Crippen LogP contribution in [0.2, 0.25) is 0 Å². The molecule has 0 radical (unpaired) electrons. The lowest BCUT2D eigenvalue weighted by Gasteiger charge is -2.25. The molecule has 1 aromatic carbocycles. The standard InChI is InChI=1S/C23H36N4O/c1-15(2)17(5)22-26-20-13-19(25-23(28)24-16(3)4)11-12-21(20)27(22)14-18-9-7-6-8-10-18/h11-13,15-18H,6-10,14H2,1-5H3,(H2,24,25,28). The molecule has 1 aliphatic carbocycles. The van der Waals surface area contributed by atoms with E-state index in [2.05, 4.69) is 42.0 Å². The molecular weight excluding hydrogens is 348 g/mol. The number of nitrogens with zero attached hydrogens (tertiary/aromatic N) is 2. The second kappa shape index (κ2) is 8.97. The summed E-state index contributed by atoms with van der Waals surface area (Å²) in [6.07, 6.45) is 6.73. The molecule has 5 heteroatoms. The Morgan fingerprint density at radius 2 is 1.86 bits per heavy atom. The van der Waals surface area contributed by atoms with E-state index in [9.17, 15) is 4.79 Å². The molecule has 1 atom stereocenters. The zero-order valence-electron chi connectivity index (χ0n) is 18.1. The minimum Gasteiger partial charge on any atom is -0.336 e. The third-order valence-electron chi connectivity index (χ3n) is 6.03. The van der Waals surface area contributed by atoms with Gasteiger partial charge in [0.2, 0.25) is 0 Å². The van der Waals surface area contributed by atoms with E-state index in [1.807, 2.05) is 26.0 Å². The third kappa shape index (κ3) is 4.86. The SMILES string of the molecule is CC(C)NC(=O)Nc1ccc2c(c1)nc(C(C)C(C)C)n2CC1CCCCC1. The maximum atomic E-state index is 12.0. The van der Waals surface area contributed by atoms with Gasteiger partial charge in [-0.2, -0.15) is 0 Å². The Hall–Kier alpha value is -2.04. The molecule has 28 heavy (non-hydrogen) atoms. The van der Waals surface area contributed by atoms with Crippen molar-refractivity contribution in [3.8, 4) is 0 Å². The van der Waals surface area contributed by atoms with Crippen LogP contribution in [0.5, 0.6) is 0 Å². The summed E-state index contributed by atoms with van der Waals surface area (Å²) in [6, 6.07) is 6.05. The van der Waals surface area contributed by atoms with Gasteiger partial charge in [-0.3, -0.25) is 0 Å². The number of hydrogen-bond acceptors (Lipinski definition) is 2. The van der Waals surface area contributed by atoms with Crippen molar-refractivity contribution in [3.63, 3.8) is 0 Å². The largest absolute Gasteiger partial charge is 0.336 e. The summed E-state index contributed by atoms with van der Waals surface area (Å²) < 4.78 is 2.45. The normalized spacial score (nSPS) is 16.7. The van der Waals surface area contributed by atoms with Crippen LogP contribution in [0.15, 0.2) is 18.2 Å². The molecule has 2 aromatic rings. The summed E-state index contributed by atoms with van der Waals surface area (Å²) in [5, 5.41) is 5.80. The molecule has 0 aliphatic heterocycles. The Morgan fingerprint density at radius 1 is 1.14 bits per heavy atom. The summed E-state index contributed by atoms with van der Waals surface area (Å²) in [6.45, 7) is 11.8. The summed E-state index contributed by atoms with van der Waals surface area (Å²) in [7, 11) is 0. The van der Waals surface area contributed by atoms with E-state index in [-0.39, 0.29) is 12.1 Å². The van der Waals surface area contributed by atoms with E-state index < -0.39 is 0 Å². The highest BCUT2D eigenvalue weighted by Gasteiger charge is 2.23. The Labute approximate surface area is 169 Å². The number of hydrogen-bond donors (Lipinski definition) is 2. The molecule has 0 spiro atoms. The number of carbonyl (C=O) groups is 1. The minimum absolute atomic E-state index is 0.108. The van der Waals surface area contributed by atoms with Gasteiger partial charge in [0.15, 0.2) is 0 Å². The number of benzene rings is 1. The first kappa shape index (κ1) is 20.7. The Bertz CT molecular complexity index is 802. The number of amides is 2. The molecule has 1 aromatic heterocycles. The molecule has 154 valence electrons. The lowest BCUT2D eigenvalue weighted by Crippen LogP contribution is -2.34. The van der Waals surface area contributed by atoms with Crippen LogP contribution in [-0.4, -0.2) is 21.6 Å². The number of imidazole rings is 1. The van der Waals surface area contributed by atoms with Crippen molar-refractivity contribution in [1.82, 2.24) is 14.9 Å². The van der Waals surface area contributed by atoms with E-state index in [0.717, 1.165) is 23.7 Å². The summed E-state index contributed by atoms with van der Waals surface area (Å²) in [5.41, 5.74) is 2.94. The highest BCUT2D eigenvalue weighted by molar-refractivity contribution is 5.92. The van der Waals surface area contributed by atoms with Crippen LogP contribution in [0, 0.1) is 11.8 Å². The van der Waals surface area contributed by atoms with Gasteiger partial charge in [0.05, 0.1) is 11.0 Å². The molecule has 1 unspecified atom stereocenters. The van der Waals surface area contributed by atoms with Crippen LogP contribution < -0.4 is 10.6 Å². The predicted molar refractivity (Wildman–Crippen MR) is 117 cm³/mol. The number of anilines is 1. The van der Waals surface area contributed by atoms with Gasteiger partial charge in [-0.15, -0.1) is 0 Å². The number of aromatic nitrogens is 2. The van der Waals surface area contributed by atoms with Gasteiger partial charge < -0.3 is 15.2 Å². The van der Waals surface area contributed by atoms with Gasteiger partial charge in [-0.1, -0.05) is 40.0 Å². The first-order chi connectivity index (χ1) is 13.3. The van der Waals surface area contributed by atoms with Crippen molar-refractivity contribution in [3.05, 3.63) is 24.0 Å².